The standard InChI is InChI=1S/C19H21ClN2O2.ClH/c1-13(15-10-21-11-15)19(23)22-17-3-2-4-18(9-17)24-12-14-5-7-16(20)8-6-14;/h2-9,13,15,21H,10-12H2,1H3,(H,22,23);1H. The number of rotatable bonds is 6. The molecular weight excluding hydrogens is 359 g/mol. The van der Waals surface area contributed by atoms with E-state index in [1.807, 2.05) is 55.5 Å². The van der Waals surface area contributed by atoms with Gasteiger partial charge in [0.15, 0.2) is 0 Å². The van der Waals surface area contributed by atoms with Crippen molar-refractivity contribution in [1.29, 1.82) is 0 Å². The van der Waals surface area contributed by atoms with Crippen molar-refractivity contribution < 1.29 is 9.53 Å². The second-order valence-corrected chi connectivity index (χ2v) is 6.58. The number of anilines is 1. The lowest BCUT2D eigenvalue weighted by Gasteiger charge is -2.31. The topological polar surface area (TPSA) is 50.4 Å². The molecule has 134 valence electrons. The first-order valence-corrected chi connectivity index (χ1v) is 8.48. The van der Waals surface area contributed by atoms with E-state index in [1.165, 1.54) is 0 Å². The van der Waals surface area contributed by atoms with Crippen LogP contribution in [0.4, 0.5) is 5.69 Å². The van der Waals surface area contributed by atoms with E-state index in [2.05, 4.69) is 10.6 Å². The molecule has 0 saturated carbocycles. The molecule has 0 bridgehead atoms. The maximum Gasteiger partial charge on any atom is 0.227 e. The summed E-state index contributed by atoms with van der Waals surface area (Å²) in [5.74, 6) is 1.20. The van der Waals surface area contributed by atoms with Gasteiger partial charge in [0.2, 0.25) is 5.91 Å². The van der Waals surface area contributed by atoms with Gasteiger partial charge in [-0.3, -0.25) is 4.79 Å². The third-order valence-corrected chi connectivity index (χ3v) is 4.61. The number of amides is 1. The summed E-state index contributed by atoms with van der Waals surface area (Å²) in [7, 11) is 0. The molecule has 2 aromatic carbocycles. The number of ether oxygens (including phenoxy) is 1. The Morgan fingerprint density at radius 3 is 2.64 bits per heavy atom. The van der Waals surface area contributed by atoms with Gasteiger partial charge >= 0.3 is 0 Å². The van der Waals surface area contributed by atoms with Crippen LogP contribution in [0.1, 0.15) is 12.5 Å². The van der Waals surface area contributed by atoms with Crippen molar-refractivity contribution in [2.24, 2.45) is 11.8 Å². The fourth-order valence-electron chi connectivity index (χ4n) is 2.55. The number of nitrogens with one attached hydrogen (secondary N) is 2. The van der Waals surface area contributed by atoms with E-state index in [4.69, 9.17) is 16.3 Å². The summed E-state index contributed by atoms with van der Waals surface area (Å²) in [6, 6.07) is 15.0. The lowest BCUT2D eigenvalue weighted by molar-refractivity contribution is -0.121. The van der Waals surface area contributed by atoms with Crippen LogP contribution in [0.25, 0.3) is 0 Å². The van der Waals surface area contributed by atoms with E-state index in [9.17, 15) is 4.79 Å². The van der Waals surface area contributed by atoms with Gasteiger partial charge in [0, 0.05) is 22.7 Å². The molecule has 0 spiro atoms. The molecule has 1 aliphatic heterocycles. The Kier molecular flexibility index (Phi) is 7.12. The molecule has 1 heterocycles. The van der Waals surface area contributed by atoms with Crippen molar-refractivity contribution in [1.82, 2.24) is 5.32 Å². The number of benzene rings is 2. The van der Waals surface area contributed by atoms with Gasteiger partial charge in [-0.2, -0.15) is 0 Å². The summed E-state index contributed by atoms with van der Waals surface area (Å²) in [6.45, 7) is 4.26. The summed E-state index contributed by atoms with van der Waals surface area (Å²) in [5, 5.41) is 6.88. The maximum atomic E-state index is 12.3. The maximum absolute atomic E-state index is 12.3. The van der Waals surface area contributed by atoms with Gasteiger partial charge < -0.3 is 15.4 Å². The highest BCUT2D eigenvalue weighted by molar-refractivity contribution is 6.30. The molecule has 1 unspecified atom stereocenters. The predicted octanol–water partition coefficient (Wildman–Crippen LogP) is 4.13. The Bertz CT molecular complexity index is 703. The third kappa shape index (κ3) is 5.36. The van der Waals surface area contributed by atoms with Crippen LogP contribution in [0, 0.1) is 11.8 Å². The minimum Gasteiger partial charge on any atom is -0.489 e. The van der Waals surface area contributed by atoms with E-state index >= 15 is 0 Å². The van der Waals surface area contributed by atoms with Gasteiger partial charge in [-0.05, 0) is 48.8 Å². The smallest absolute Gasteiger partial charge is 0.227 e. The first-order valence-electron chi connectivity index (χ1n) is 8.11. The lowest BCUT2D eigenvalue weighted by Crippen LogP contribution is -2.48. The van der Waals surface area contributed by atoms with Crippen LogP contribution < -0.4 is 15.4 Å². The van der Waals surface area contributed by atoms with E-state index in [1.54, 1.807) is 0 Å². The van der Waals surface area contributed by atoms with Crippen molar-refractivity contribution >= 4 is 35.6 Å². The molecule has 2 N–H and O–H groups in total. The Balaban J connectivity index is 0.00000225. The molecule has 1 atom stereocenters. The average molecular weight is 381 g/mol. The van der Waals surface area contributed by atoms with E-state index in [-0.39, 0.29) is 24.2 Å². The summed E-state index contributed by atoms with van der Waals surface area (Å²) in [4.78, 5) is 12.3. The van der Waals surface area contributed by atoms with Crippen molar-refractivity contribution in [2.45, 2.75) is 13.5 Å². The van der Waals surface area contributed by atoms with E-state index in [0.717, 1.165) is 30.1 Å². The van der Waals surface area contributed by atoms with Crippen LogP contribution in [-0.4, -0.2) is 19.0 Å². The second-order valence-electron chi connectivity index (χ2n) is 6.14. The second kappa shape index (κ2) is 9.09. The molecule has 0 aromatic heterocycles. The van der Waals surface area contributed by atoms with Crippen LogP contribution in [0.3, 0.4) is 0 Å². The van der Waals surface area contributed by atoms with Crippen molar-refractivity contribution in [2.75, 3.05) is 18.4 Å². The van der Waals surface area contributed by atoms with Gasteiger partial charge in [-0.1, -0.05) is 36.7 Å². The van der Waals surface area contributed by atoms with Gasteiger partial charge in [-0.15, -0.1) is 12.4 Å². The van der Waals surface area contributed by atoms with Crippen LogP contribution >= 0.6 is 24.0 Å². The highest BCUT2D eigenvalue weighted by atomic mass is 35.5. The minimum atomic E-state index is 0. The lowest BCUT2D eigenvalue weighted by atomic mass is 9.88. The Labute approximate surface area is 159 Å². The predicted molar refractivity (Wildman–Crippen MR) is 104 cm³/mol. The third-order valence-electron chi connectivity index (χ3n) is 4.35. The Morgan fingerprint density at radius 2 is 2.00 bits per heavy atom. The Morgan fingerprint density at radius 1 is 1.28 bits per heavy atom. The zero-order chi connectivity index (χ0) is 16.9. The van der Waals surface area contributed by atoms with Gasteiger partial charge in [0.05, 0.1) is 0 Å². The first kappa shape index (κ1) is 19.6. The number of carbonyl (C=O) groups excluding carboxylic acids is 1. The summed E-state index contributed by atoms with van der Waals surface area (Å²) in [6.07, 6.45) is 0. The molecule has 2 aromatic rings. The number of hydrogen-bond acceptors (Lipinski definition) is 3. The molecule has 3 rings (SSSR count). The average Bonchev–Trinajstić information content (AvgIpc) is 2.53. The SMILES string of the molecule is CC(C(=O)Nc1cccc(OCc2ccc(Cl)cc2)c1)C1CNC1.Cl. The monoisotopic (exact) mass is 380 g/mol. The normalized spacial score (nSPS) is 14.8. The van der Waals surface area contributed by atoms with Crippen molar-refractivity contribution in [3.63, 3.8) is 0 Å². The fraction of sp³-hybridized carbons (Fsp3) is 0.316. The van der Waals surface area contributed by atoms with Crippen LogP contribution in [0.15, 0.2) is 48.5 Å². The summed E-state index contributed by atoms with van der Waals surface area (Å²) >= 11 is 5.88. The molecule has 6 heteroatoms. The summed E-state index contributed by atoms with van der Waals surface area (Å²) < 4.78 is 5.79. The largest absolute Gasteiger partial charge is 0.489 e. The molecule has 1 aliphatic rings. The van der Waals surface area contributed by atoms with Crippen LogP contribution in [0.5, 0.6) is 5.75 Å². The molecule has 1 saturated heterocycles. The van der Waals surface area contributed by atoms with Crippen LogP contribution in [-0.2, 0) is 11.4 Å². The van der Waals surface area contributed by atoms with Crippen molar-refractivity contribution in [3.8, 4) is 5.75 Å². The van der Waals surface area contributed by atoms with Gasteiger partial charge in [0.1, 0.15) is 12.4 Å². The molecule has 1 fully saturated rings. The number of carbonyl (C=O) groups is 1. The van der Waals surface area contributed by atoms with E-state index < -0.39 is 0 Å². The Hall–Kier alpha value is -1.75. The zero-order valence-corrected chi connectivity index (χ0v) is 15.6. The molecule has 25 heavy (non-hydrogen) atoms. The van der Waals surface area contributed by atoms with Gasteiger partial charge in [-0.25, -0.2) is 0 Å². The summed E-state index contributed by atoms with van der Waals surface area (Å²) in [5.41, 5.74) is 1.80. The molecular formula is C19H22Cl2N2O2. The molecule has 0 aliphatic carbocycles. The fourth-order valence-corrected chi connectivity index (χ4v) is 2.67. The number of hydrogen-bond donors (Lipinski definition) is 2. The van der Waals surface area contributed by atoms with E-state index in [0.29, 0.717) is 17.5 Å². The first-order chi connectivity index (χ1) is 11.6. The molecule has 4 nitrogen and oxygen atoms in total. The number of halogens is 2. The quantitative estimate of drug-likeness (QED) is 0.791. The molecule has 0 radical (unpaired) electrons. The highest BCUT2D eigenvalue weighted by Crippen LogP contribution is 2.22. The van der Waals surface area contributed by atoms with Gasteiger partial charge in [0.25, 0.3) is 0 Å². The zero-order valence-electron chi connectivity index (χ0n) is 14.0. The molecule has 1 amide bonds. The minimum absolute atomic E-state index is 0. The van der Waals surface area contributed by atoms with Crippen LogP contribution in [0.2, 0.25) is 5.02 Å². The van der Waals surface area contributed by atoms with Crippen molar-refractivity contribution in [3.05, 3.63) is 59.1 Å². The highest BCUT2D eigenvalue weighted by Gasteiger charge is 2.28.